The first-order chi connectivity index (χ1) is 17.8. The minimum absolute atomic E-state index is 0.0288. The van der Waals surface area contributed by atoms with Crippen LogP contribution in [0.5, 0.6) is 5.75 Å². The van der Waals surface area contributed by atoms with Crippen molar-refractivity contribution in [1.29, 1.82) is 0 Å². The van der Waals surface area contributed by atoms with Gasteiger partial charge >= 0.3 is 5.97 Å². The Morgan fingerprint density at radius 2 is 1.70 bits per heavy atom. The molecule has 198 valence electrons. The Kier molecular flexibility index (Phi) is 9.72. The van der Waals surface area contributed by atoms with Crippen molar-refractivity contribution in [2.24, 2.45) is 0 Å². The average Bonchev–Trinajstić information content (AvgIpc) is 3.16. The van der Waals surface area contributed by atoms with Gasteiger partial charge in [-0.2, -0.15) is 0 Å². The van der Waals surface area contributed by atoms with E-state index in [4.69, 9.17) is 21.1 Å². The summed E-state index contributed by atoms with van der Waals surface area (Å²) in [7, 11) is 1.29. The zero-order valence-electron chi connectivity index (χ0n) is 21.6. The molecule has 9 heteroatoms. The van der Waals surface area contributed by atoms with E-state index in [2.05, 4.69) is 18.7 Å². The van der Waals surface area contributed by atoms with Crippen molar-refractivity contribution in [2.75, 3.05) is 39.9 Å². The minimum Gasteiger partial charge on any atom is -0.507 e. The number of hydrogen-bond acceptors (Lipinski definition) is 7. The molecule has 1 saturated heterocycles. The fourth-order valence-electron chi connectivity index (χ4n) is 4.46. The van der Waals surface area contributed by atoms with E-state index < -0.39 is 23.7 Å². The van der Waals surface area contributed by atoms with Gasteiger partial charge in [-0.05, 0) is 68.9 Å². The summed E-state index contributed by atoms with van der Waals surface area (Å²) in [5.74, 6) is -1.82. The second kappa shape index (κ2) is 12.7. The number of carbonyl (C=O) groups is 3. The number of carbonyl (C=O) groups excluding carboxylic acids is 3. The van der Waals surface area contributed by atoms with Crippen LogP contribution in [0.2, 0.25) is 5.02 Å². The Labute approximate surface area is 222 Å². The maximum atomic E-state index is 13.2. The summed E-state index contributed by atoms with van der Waals surface area (Å²) >= 11 is 6.32. The van der Waals surface area contributed by atoms with Gasteiger partial charge in [0.05, 0.1) is 35.9 Å². The molecule has 2 aromatic rings. The van der Waals surface area contributed by atoms with Crippen LogP contribution in [0.25, 0.3) is 5.76 Å². The van der Waals surface area contributed by atoms with Crippen molar-refractivity contribution < 1.29 is 29.0 Å². The number of amides is 1. The van der Waals surface area contributed by atoms with Crippen LogP contribution < -0.4 is 4.74 Å². The lowest BCUT2D eigenvalue weighted by atomic mass is 9.94. The summed E-state index contributed by atoms with van der Waals surface area (Å²) in [5.41, 5.74) is 1.20. The Morgan fingerprint density at radius 3 is 2.27 bits per heavy atom. The number of esters is 1. The number of methoxy groups -OCH3 is 1. The summed E-state index contributed by atoms with van der Waals surface area (Å²) in [5, 5.41) is 11.5. The molecule has 8 nitrogen and oxygen atoms in total. The molecule has 1 N–H and O–H groups in total. The van der Waals surface area contributed by atoms with Gasteiger partial charge in [0.2, 0.25) is 0 Å². The number of likely N-dealkylation sites (tertiary alicyclic amines) is 1. The van der Waals surface area contributed by atoms with Crippen LogP contribution in [0, 0.1) is 0 Å². The summed E-state index contributed by atoms with van der Waals surface area (Å²) in [6.45, 7) is 9.24. The maximum absolute atomic E-state index is 13.2. The molecule has 0 spiro atoms. The molecular weight excluding hydrogens is 496 g/mol. The number of aliphatic hydroxyl groups is 1. The summed E-state index contributed by atoms with van der Waals surface area (Å²) in [6.07, 6.45) is 0.653. The van der Waals surface area contributed by atoms with Crippen LogP contribution in [-0.4, -0.2) is 72.5 Å². The van der Waals surface area contributed by atoms with Crippen LogP contribution >= 0.6 is 11.6 Å². The summed E-state index contributed by atoms with van der Waals surface area (Å²) in [4.78, 5) is 42.1. The molecule has 0 radical (unpaired) electrons. The molecule has 1 fully saturated rings. The van der Waals surface area contributed by atoms with Gasteiger partial charge in [0.15, 0.2) is 0 Å². The van der Waals surface area contributed by atoms with Gasteiger partial charge in [-0.15, -0.1) is 0 Å². The van der Waals surface area contributed by atoms with Crippen LogP contribution in [0.1, 0.15) is 54.7 Å². The fourth-order valence-corrected chi connectivity index (χ4v) is 4.69. The molecule has 1 amide bonds. The third kappa shape index (κ3) is 6.14. The Hall–Kier alpha value is -3.36. The number of nitrogens with zero attached hydrogens (tertiary/aromatic N) is 2. The van der Waals surface area contributed by atoms with E-state index >= 15 is 0 Å². The summed E-state index contributed by atoms with van der Waals surface area (Å²) < 4.78 is 10.2. The Bertz CT molecular complexity index is 1170. The molecular formula is C28H33ClN2O6. The topological polar surface area (TPSA) is 96.4 Å². The molecule has 1 aliphatic rings. The molecule has 0 aromatic heterocycles. The largest absolute Gasteiger partial charge is 0.507 e. The number of ketones is 1. The van der Waals surface area contributed by atoms with Gasteiger partial charge < -0.3 is 24.4 Å². The SMILES string of the molecule is CCOc1ccc(C(O)=C2C(=O)C(=O)N(CCCN(CC)CC)[C@@H]2c2ccc(C(=O)OC)cc2)cc1Cl. The highest BCUT2D eigenvalue weighted by Crippen LogP contribution is 2.40. The molecule has 1 atom stereocenters. The highest BCUT2D eigenvalue weighted by molar-refractivity contribution is 6.46. The van der Waals surface area contributed by atoms with E-state index in [1.807, 2.05) is 6.92 Å². The van der Waals surface area contributed by atoms with Gasteiger partial charge in [-0.3, -0.25) is 9.59 Å². The third-order valence-corrected chi connectivity index (χ3v) is 6.76. The molecule has 0 bridgehead atoms. The van der Waals surface area contributed by atoms with Crippen molar-refractivity contribution in [3.05, 3.63) is 69.8 Å². The second-order valence-electron chi connectivity index (χ2n) is 8.56. The van der Waals surface area contributed by atoms with Crippen LogP contribution in [0.4, 0.5) is 0 Å². The van der Waals surface area contributed by atoms with E-state index in [1.165, 1.54) is 18.1 Å². The Morgan fingerprint density at radius 1 is 1.05 bits per heavy atom. The van der Waals surface area contributed by atoms with Gasteiger partial charge in [0.1, 0.15) is 11.5 Å². The van der Waals surface area contributed by atoms with Crippen molar-refractivity contribution >= 4 is 35.0 Å². The van der Waals surface area contributed by atoms with Gasteiger partial charge in [0.25, 0.3) is 11.7 Å². The van der Waals surface area contributed by atoms with Gasteiger partial charge in [-0.25, -0.2) is 4.79 Å². The highest BCUT2D eigenvalue weighted by atomic mass is 35.5. The fraction of sp³-hybridized carbons (Fsp3) is 0.393. The number of ether oxygens (including phenoxy) is 2. The molecule has 1 heterocycles. The van der Waals surface area contributed by atoms with Gasteiger partial charge in [-0.1, -0.05) is 37.6 Å². The maximum Gasteiger partial charge on any atom is 0.337 e. The molecule has 0 aliphatic carbocycles. The van der Waals surface area contributed by atoms with Crippen molar-refractivity contribution in [2.45, 2.75) is 33.2 Å². The normalized spacial score (nSPS) is 16.9. The van der Waals surface area contributed by atoms with E-state index in [0.29, 0.717) is 42.0 Å². The summed E-state index contributed by atoms with van der Waals surface area (Å²) in [6, 6.07) is 10.4. The number of aliphatic hydroxyl groups excluding tert-OH is 1. The number of halogens is 1. The molecule has 2 aromatic carbocycles. The lowest BCUT2D eigenvalue weighted by molar-refractivity contribution is -0.140. The van der Waals surface area contributed by atoms with Crippen LogP contribution in [0.15, 0.2) is 48.0 Å². The lowest BCUT2D eigenvalue weighted by Gasteiger charge is -2.27. The molecule has 0 saturated carbocycles. The first-order valence-corrected chi connectivity index (χ1v) is 12.8. The monoisotopic (exact) mass is 528 g/mol. The third-order valence-electron chi connectivity index (χ3n) is 6.46. The zero-order chi connectivity index (χ0) is 27.1. The van der Waals surface area contributed by atoms with Crippen molar-refractivity contribution in [1.82, 2.24) is 9.80 Å². The minimum atomic E-state index is -0.825. The number of rotatable bonds is 11. The van der Waals surface area contributed by atoms with E-state index in [-0.39, 0.29) is 16.4 Å². The first-order valence-electron chi connectivity index (χ1n) is 12.4. The molecule has 37 heavy (non-hydrogen) atoms. The molecule has 0 unspecified atom stereocenters. The molecule has 1 aliphatic heterocycles. The quantitative estimate of drug-likeness (QED) is 0.196. The standard InChI is InChI=1S/C28H33ClN2O6/c1-5-30(6-2)15-8-16-31-24(18-9-11-19(12-10-18)28(35)36-4)23(26(33)27(31)34)25(32)20-13-14-22(37-7-3)21(29)17-20/h9-14,17,24,32H,5-8,15-16H2,1-4H3/t24-/m1/s1. The Balaban J connectivity index is 2.06. The van der Waals surface area contributed by atoms with E-state index in [0.717, 1.165) is 19.6 Å². The van der Waals surface area contributed by atoms with Crippen LogP contribution in [-0.2, 0) is 14.3 Å². The predicted molar refractivity (Wildman–Crippen MR) is 142 cm³/mol. The number of hydrogen-bond donors (Lipinski definition) is 1. The number of Topliss-reactive ketones (excluding diaryl/α,β-unsaturated/α-hetero) is 1. The molecule has 3 rings (SSSR count). The lowest BCUT2D eigenvalue weighted by Crippen LogP contribution is -2.33. The van der Waals surface area contributed by atoms with Crippen molar-refractivity contribution in [3.8, 4) is 5.75 Å². The zero-order valence-corrected chi connectivity index (χ0v) is 22.4. The average molecular weight is 529 g/mol. The predicted octanol–water partition coefficient (Wildman–Crippen LogP) is 4.68. The van der Waals surface area contributed by atoms with E-state index in [1.54, 1.807) is 36.4 Å². The second-order valence-corrected chi connectivity index (χ2v) is 8.97. The van der Waals surface area contributed by atoms with Crippen molar-refractivity contribution in [3.63, 3.8) is 0 Å². The highest BCUT2D eigenvalue weighted by Gasteiger charge is 2.45. The first kappa shape index (κ1) is 28.2. The van der Waals surface area contributed by atoms with Crippen LogP contribution in [0.3, 0.4) is 0 Å². The smallest absolute Gasteiger partial charge is 0.337 e. The number of benzene rings is 2. The van der Waals surface area contributed by atoms with E-state index in [9.17, 15) is 19.5 Å². The van der Waals surface area contributed by atoms with Gasteiger partial charge in [0, 0.05) is 12.1 Å².